The Morgan fingerprint density at radius 3 is 3.07 bits per heavy atom. The van der Waals surface area contributed by atoms with Crippen molar-refractivity contribution in [2.24, 2.45) is 5.73 Å². The zero-order chi connectivity index (χ0) is 10.1. The molecule has 0 unspecified atom stereocenters. The highest BCUT2D eigenvalue weighted by Gasteiger charge is 2.20. The van der Waals surface area contributed by atoms with E-state index in [1.54, 1.807) is 6.07 Å². The van der Waals surface area contributed by atoms with Crippen LogP contribution in [0.4, 0.5) is 5.69 Å². The van der Waals surface area contributed by atoms with E-state index in [-0.39, 0.29) is 11.7 Å². The van der Waals surface area contributed by atoms with E-state index in [9.17, 15) is 10.1 Å². The second-order valence-corrected chi connectivity index (χ2v) is 3.22. The molecule has 0 saturated carbocycles. The molecule has 1 heterocycles. The van der Waals surface area contributed by atoms with Crippen molar-refractivity contribution < 1.29 is 9.66 Å². The number of ether oxygens (including phenoxy) is 1. The van der Waals surface area contributed by atoms with Gasteiger partial charge in [-0.1, -0.05) is 0 Å². The quantitative estimate of drug-likeness (QED) is 0.541. The summed E-state index contributed by atoms with van der Waals surface area (Å²) in [6.45, 7) is 0.575. The van der Waals surface area contributed by atoms with E-state index in [4.69, 9.17) is 10.5 Å². The van der Waals surface area contributed by atoms with Crippen LogP contribution in [-0.2, 0) is 0 Å². The first-order valence-electron chi connectivity index (χ1n) is 4.35. The number of rotatable bonds is 1. The highest BCUT2D eigenvalue weighted by Crippen LogP contribution is 2.33. The van der Waals surface area contributed by atoms with E-state index in [0.717, 1.165) is 5.56 Å². The van der Waals surface area contributed by atoms with E-state index in [1.165, 1.54) is 12.1 Å². The highest BCUT2D eigenvalue weighted by molar-refractivity contribution is 5.46. The Bertz CT molecular complexity index is 378. The number of benzene rings is 1. The predicted octanol–water partition coefficient (Wildman–Crippen LogP) is 1.38. The molecule has 0 aromatic heterocycles. The summed E-state index contributed by atoms with van der Waals surface area (Å²) in [5.41, 5.74) is 6.60. The van der Waals surface area contributed by atoms with Crippen LogP contribution in [0.5, 0.6) is 5.75 Å². The van der Waals surface area contributed by atoms with Crippen molar-refractivity contribution in [3.63, 3.8) is 0 Å². The molecular formula is C9H10N2O3. The maximum absolute atomic E-state index is 10.5. The minimum Gasteiger partial charge on any atom is -0.493 e. The zero-order valence-electron chi connectivity index (χ0n) is 7.47. The van der Waals surface area contributed by atoms with Gasteiger partial charge in [0.2, 0.25) is 0 Å². The van der Waals surface area contributed by atoms with Crippen LogP contribution in [0.1, 0.15) is 18.0 Å². The molecule has 14 heavy (non-hydrogen) atoms. The fourth-order valence-corrected chi connectivity index (χ4v) is 1.52. The van der Waals surface area contributed by atoms with Crippen molar-refractivity contribution in [2.45, 2.75) is 12.5 Å². The molecule has 1 aliphatic rings. The molecule has 2 rings (SSSR count). The molecule has 1 aliphatic heterocycles. The summed E-state index contributed by atoms with van der Waals surface area (Å²) < 4.78 is 5.33. The Labute approximate surface area is 80.6 Å². The Balaban J connectivity index is 2.45. The van der Waals surface area contributed by atoms with Gasteiger partial charge in [-0.2, -0.15) is 0 Å². The second kappa shape index (κ2) is 3.26. The molecule has 5 heteroatoms. The number of nitrogens with zero attached hydrogens (tertiary/aromatic N) is 1. The van der Waals surface area contributed by atoms with E-state index >= 15 is 0 Å². The normalized spacial score (nSPS) is 19.6. The maximum atomic E-state index is 10.5. The zero-order valence-corrected chi connectivity index (χ0v) is 7.47. The molecule has 0 bridgehead atoms. The summed E-state index contributed by atoms with van der Waals surface area (Å²) in [6.07, 6.45) is 0.703. The molecule has 1 aromatic rings. The monoisotopic (exact) mass is 194 g/mol. The third kappa shape index (κ3) is 1.42. The van der Waals surface area contributed by atoms with Gasteiger partial charge in [0.1, 0.15) is 5.75 Å². The van der Waals surface area contributed by atoms with Crippen LogP contribution >= 0.6 is 0 Å². The van der Waals surface area contributed by atoms with Crippen LogP contribution in [0.3, 0.4) is 0 Å². The minimum atomic E-state index is -0.429. The average Bonchev–Trinajstić information content (AvgIpc) is 2.18. The molecule has 0 saturated heterocycles. The molecule has 1 atom stereocenters. The third-order valence-electron chi connectivity index (χ3n) is 2.29. The van der Waals surface area contributed by atoms with E-state index in [1.807, 2.05) is 0 Å². The van der Waals surface area contributed by atoms with Gasteiger partial charge < -0.3 is 10.5 Å². The SMILES string of the molecule is N[C@H]1CCOc2ccc([N+](=O)[O-])cc21. The van der Waals surface area contributed by atoms with Gasteiger partial charge in [0.25, 0.3) is 5.69 Å². The van der Waals surface area contributed by atoms with Crippen LogP contribution in [0.2, 0.25) is 0 Å². The lowest BCUT2D eigenvalue weighted by molar-refractivity contribution is -0.385. The molecule has 74 valence electrons. The average molecular weight is 194 g/mol. The van der Waals surface area contributed by atoms with Crippen molar-refractivity contribution in [1.82, 2.24) is 0 Å². The minimum absolute atomic E-state index is 0.0599. The first-order chi connectivity index (χ1) is 6.68. The highest BCUT2D eigenvalue weighted by atomic mass is 16.6. The first-order valence-corrected chi connectivity index (χ1v) is 4.35. The van der Waals surface area contributed by atoms with E-state index in [0.29, 0.717) is 18.8 Å². The maximum Gasteiger partial charge on any atom is 0.270 e. The summed E-state index contributed by atoms with van der Waals surface area (Å²) in [6, 6.07) is 4.36. The van der Waals surface area contributed by atoms with Crippen LogP contribution in [0, 0.1) is 10.1 Å². The van der Waals surface area contributed by atoms with Crippen molar-refractivity contribution in [3.8, 4) is 5.75 Å². The number of fused-ring (bicyclic) bond motifs is 1. The lowest BCUT2D eigenvalue weighted by Gasteiger charge is -2.22. The number of nitro groups is 1. The van der Waals surface area contributed by atoms with Crippen LogP contribution in [-0.4, -0.2) is 11.5 Å². The first kappa shape index (κ1) is 8.96. The molecule has 0 amide bonds. The van der Waals surface area contributed by atoms with Crippen molar-refractivity contribution in [1.29, 1.82) is 0 Å². The van der Waals surface area contributed by atoms with Crippen molar-refractivity contribution >= 4 is 5.69 Å². The van der Waals surface area contributed by atoms with Gasteiger partial charge in [-0.15, -0.1) is 0 Å². The number of hydrogen-bond acceptors (Lipinski definition) is 4. The van der Waals surface area contributed by atoms with E-state index in [2.05, 4.69) is 0 Å². The standard InChI is InChI=1S/C9H10N2O3/c10-8-3-4-14-9-2-1-6(11(12)13)5-7(8)9/h1-2,5,8H,3-4,10H2/t8-/m0/s1. The van der Waals surface area contributed by atoms with Crippen LogP contribution in [0.15, 0.2) is 18.2 Å². The lowest BCUT2D eigenvalue weighted by Crippen LogP contribution is -2.20. The van der Waals surface area contributed by atoms with Gasteiger partial charge in [0.05, 0.1) is 11.5 Å². The topological polar surface area (TPSA) is 78.4 Å². The summed E-state index contributed by atoms with van der Waals surface area (Å²) >= 11 is 0. The smallest absolute Gasteiger partial charge is 0.270 e. The summed E-state index contributed by atoms with van der Waals surface area (Å²) in [4.78, 5) is 10.1. The number of non-ortho nitro benzene ring substituents is 1. The van der Waals surface area contributed by atoms with Gasteiger partial charge in [-0.05, 0) is 6.07 Å². The number of nitro benzene ring substituents is 1. The second-order valence-electron chi connectivity index (χ2n) is 3.22. The van der Waals surface area contributed by atoms with Gasteiger partial charge >= 0.3 is 0 Å². The Hall–Kier alpha value is -1.62. The molecule has 2 N–H and O–H groups in total. The summed E-state index contributed by atoms with van der Waals surface area (Å²) in [7, 11) is 0. The molecule has 1 aromatic carbocycles. The molecule has 5 nitrogen and oxygen atoms in total. The van der Waals surface area contributed by atoms with Gasteiger partial charge in [-0.25, -0.2) is 0 Å². The van der Waals surface area contributed by atoms with Crippen molar-refractivity contribution in [2.75, 3.05) is 6.61 Å². The van der Waals surface area contributed by atoms with Crippen molar-refractivity contribution in [3.05, 3.63) is 33.9 Å². The molecule has 0 fully saturated rings. The lowest BCUT2D eigenvalue weighted by atomic mass is 10.0. The van der Waals surface area contributed by atoms with Gasteiger partial charge in [0.15, 0.2) is 0 Å². The molecular weight excluding hydrogens is 184 g/mol. The van der Waals surface area contributed by atoms with Crippen LogP contribution in [0.25, 0.3) is 0 Å². The Morgan fingerprint density at radius 1 is 1.57 bits per heavy atom. The molecule has 0 aliphatic carbocycles. The number of nitrogens with two attached hydrogens (primary N) is 1. The summed E-state index contributed by atoms with van der Waals surface area (Å²) in [5.74, 6) is 0.661. The largest absolute Gasteiger partial charge is 0.493 e. The third-order valence-corrected chi connectivity index (χ3v) is 2.29. The summed E-state index contributed by atoms with van der Waals surface area (Å²) in [5, 5.41) is 10.5. The predicted molar refractivity (Wildman–Crippen MR) is 50.1 cm³/mol. The Kier molecular flexibility index (Phi) is 2.09. The molecule has 0 radical (unpaired) electrons. The number of hydrogen-bond donors (Lipinski definition) is 1. The van der Waals surface area contributed by atoms with Gasteiger partial charge in [-0.3, -0.25) is 10.1 Å². The molecule has 0 spiro atoms. The van der Waals surface area contributed by atoms with E-state index < -0.39 is 4.92 Å². The fourth-order valence-electron chi connectivity index (χ4n) is 1.52. The van der Waals surface area contributed by atoms with Crippen LogP contribution < -0.4 is 10.5 Å². The Morgan fingerprint density at radius 2 is 2.36 bits per heavy atom. The van der Waals surface area contributed by atoms with Gasteiger partial charge in [0, 0.05) is 30.2 Å². The fraction of sp³-hybridized carbons (Fsp3) is 0.333.